The highest BCUT2D eigenvalue weighted by molar-refractivity contribution is 7.91. The molecule has 2 heterocycles. The predicted molar refractivity (Wildman–Crippen MR) is 117 cm³/mol. The van der Waals surface area contributed by atoms with Gasteiger partial charge in [-0.2, -0.15) is 0 Å². The Bertz CT molecular complexity index is 1180. The van der Waals surface area contributed by atoms with Crippen LogP contribution >= 0.6 is 11.6 Å². The van der Waals surface area contributed by atoms with Crippen molar-refractivity contribution in [2.75, 3.05) is 4.72 Å². The van der Waals surface area contributed by atoms with Gasteiger partial charge in [-0.1, -0.05) is 23.7 Å². The van der Waals surface area contributed by atoms with E-state index < -0.39 is 11.0 Å². The highest BCUT2D eigenvalue weighted by atomic mass is 35.5. The van der Waals surface area contributed by atoms with E-state index in [1.807, 2.05) is 12.1 Å². The fraction of sp³-hybridized carbons (Fsp3) is 0.0455. The second kappa shape index (κ2) is 8.61. The Morgan fingerprint density at radius 2 is 1.83 bits per heavy atom. The summed E-state index contributed by atoms with van der Waals surface area (Å²) in [7, 11) is -1.70. The number of anilines is 1. The molecule has 30 heavy (non-hydrogen) atoms. The number of carbonyl (C=O) groups excluding carboxylic acids is 2. The molecule has 8 heteroatoms. The molecule has 1 amide bonds. The van der Waals surface area contributed by atoms with Crippen LogP contribution in [0, 0.1) is 0 Å². The SMILES string of the molecule is O=C(NCc1ccncc1)c1ccc2c(c1)C(=O)/C(=C\c1ccc(Cl)cc1)S(=O)N2. The first kappa shape index (κ1) is 20.0. The minimum atomic E-state index is -1.70. The summed E-state index contributed by atoms with van der Waals surface area (Å²) in [6, 6.07) is 15.2. The van der Waals surface area contributed by atoms with Gasteiger partial charge in [0.05, 0.1) is 5.69 Å². The number of Topliss-reactive ketones (excluding diaryl/α,β-unsaturated/α-hetero) is 1. The lowest BCUT2D eigenvalue weighted by atomic mass is 10.0. The lowest BCUT2D eigenvalue weighted by Gasteiger charge is -2.19. The van der Waals surface area contributed by atoms with Crippen LogP contribution in [-0.2, 0) is 17.5 Å². The van der Waals surface area contributed by atoms with E-state index in [-0.39, 0.29) is 16.6 Å². The molecule has 1 unspecified atom stereocenters. The van der Waals surface area contributed by atoms with Gasteiger partial charge in [-0.05, 0) is 59.7 Å². The second-order valence-corrected chi connectivity index (χ2v) is 8.18. The van der Waals surface area contributed by atoms with Gasteiger partial charge < -0.3 is 10.0 Å². The van der Waals surface area contributed by atoms with Gasteiger partial charge in [0, 0.05) is 35.1 Å². The zero-order valence-electron chi connectivity index (χ0n) is 15.6. The highest BCUT2D eigenvalue weighted by Crippen LogP contribution is 2.29. The van der Waals surface area contributed by atoms with Crippen LogP contribution in [0.3, 0.4) is 0 Å². The number of nitrogens with zero attached hydrogens (tertiary/aromatic N) is 1. The number of hydrogen-bond donors (Lipinski definition) is 2. The molecule has 1 aliphatic rings. The summed E-state index contributed by atoms with van der Waals surface area (Å²) in [6.07, 6.45) is 4.86. The predicted octanol–water partition coefficient (Wildman–Crippen LogP) is 3.98. The van der Waals surface area contributed by atoms with Gasteiger partial charge in [0.2, 0.25) is 5.78 Å². The van der Waals surface area contributed by atoms with Crippen molar-refractivity contribution in [2.45, 2.75) is 6.54 Å². The summed E-state index contributed by atoms with van der Waals surface area (Å²) in [5.41, 5.74) is 2.69. The number of allylic oxidation sites excluding steroid dienone is 1. The van der Waals surface area contributed by atoms with Crippen LogP contribution in [0.5, 0.6) is 0 Å². The number of rotatable bonds is 4. The molecule has 3 aromatic rings. The number of ketones is 1. The lowest BCUT2D eigenvalue weighted by Crippen LogP contribution is -2.25. The summed E-state index contributed by atoms with van der Waals surface area (Å²) >= 11 is 5.89. The van der Waals surface area contributed by atoms with Crippen LogP contribution in [-0.4, -0.2) is 20.9 Å². The van der Waals surface area contributed by atoms with E-state index in [0.717, 1.165) is 5.56 Å². The Kier molecular flexibility index (Phi) is 5.74. The summed E-state index contributed by atoms with van der Waals surface area (Å²) in [5.74, 6) is -0.696. The van der Waals surface area contributed by atoms with E-state index in [1.165, 1.54) is 6.07 Å². The van der Waals surface area contributed by atoms with Crippen molar-refractivity contribution < 1.29 is 13.8 Å². The average Bonchev–Trinajstić information content (AvgIpc) is 2.77. The van der Waals surface area contributed by atoms with Crippen LogP contribution < -0.4 is 10.0 Å². The fourth-order valence-corrected chi connectivity index (χ4v) is 4.08. The zero-order chi connectivity index (χ0) is 21.1. The number of pyridine rings is 1. The molecule has 0 saturated heterocycles. The molecule has 0 radical (unpaired) electrons. The minimum Gasteiger partial charge on any atom is -0.348 e. The number of hydrogen-bond acceptors (Lipinski definition) is 4. The first-order valence-corrected chi connectivity index (χ1v) is 10.6. The standard InChI is InChI=1S/C22H16ClN3O3S/c23-17-4-1-14(2-5-17)11-20-21(27)18-12-16(3-6-19(18)26-30(20)29)22(28)25-13-15-7-9-24-10-8-15/h1-12,26H,13H2,(H,25,28)/b20-11+. The molecule has 150 valence electrons. The van der Waals surface area contributed by atoms with E-state index in [0.29, 0.717) is 33.9 Å². The number of aromatic nitrogens is 1. The number of fused-ring (bicyclic) bond motifs is 1. The van der Waals surface area contributed by atoms with Gasteiger partial charge in [-0.15, -0.1) is 0 Å². The Labute approximate surface area is 180 Å². The number of halogens is 1. The number of amides is 1. The lowest BCUT2D eigenvalue weighted by molar-refractivity contribution is 0.0951. The van der Waals surface area contributed by atoms with Gasteiger partial charge in [0.1, 0.15) is 4.91 Å². The van der Waals surface area contributed by atoms with Crippen molar-refractivity contribution in [1.29, 1.82) is 0 Å². The van der Waals surface area contributed by atoms with Crippen molar-refractivity contribution in [3.63, 3.8) is 0 Å². The summed E-state index contributed by atoms with van der Waals surface area (Å²) in [5, 5.41) is 3.39. The van der Waals surface area contributed by atoms with E-state index >= 15 is 0 Å². The molecule has 4 rings (SSSR count). The van der Waals surface area contributed by atoms with E-state index in [9.17, 15) is 13.8 Å². The average molecular weight is 438 g/mol. The third-order valence-corrected chi connectivity index (χ3v) is 5.88. The van der Waals surface area contributed by atoms with Crippen LogP contribution in [0.4, 0.5) is 5.69 Å². The maximum Gasteiger partial charge on any atom is 0.251 e. The molecule has 2 N–H and O–H groups in total. The van der Waals surface area contributed by atoms with Crippen LogP contribution in [0.15, 0.2) is 71.9 Å². The molecule has 0 aliphatic carbocycles. The molecule has 0 spiro atoms. The zero-order valence-corrected chi connectivity index (χ0v) is 17.2. The van der Waals surface area contributed by atoms with Gasteiger partial charge in [-0.3, -0.25) is 14.6 Å². The monoisotopic (exact) mass is 437 g/mol. The Hall–Kier alpha value is -3.29. The molecular formula is C22H16ClN3O3S. The number of benzene rings is 2. The van der Waals surface area contributed by atoms with Gasteiger partial charge in [0.25, 0.3) is 5.91 Å². The Balaban J connectivity index is 1.58. The normalized spacial score (nSPS) is 16.6. The summed E-state index contributed by atoms with van der Waals surface area (Å²) in [6.45, 7) is 0.344. The molecule has 2 aromatic carbocycles. The second-order valence-electron chi connectivity index (χ2n) is 6.56. The fourth-order valence-electron chi connectivity index (χ4n) is 2.95. The first-order valence-electron chi connectivity index (χ1n) is 9.03. The van der Waals surface area contributed by atoms with E-state index in [1.54, 1.807) is 54.9 Å². The maximum absolute atomic E-state index is 13.0. The minimum absolute atomic E-state index is 0.110. The van der Waals surface area contributed by atoms with Crippen molar-refractivity contribution in [1.82, 2.24) is 10.3 Å². The Morgan fingerprint density at radius 3 is 2.57 bits per heavy atom. The van der Waals surface area contributed by atoms with E-state index in [4.69, 9.17) is 11.6 Å². The summed E-state index contributed by atoms with van der Waals surface area (Å²) < 4.78 is 15.3. The van der Waals surface area contributed by atoms with E-state index in [2.05, 4.69) is 15.0 Å². The van der Waals surface area contributed by atoms with Crippen molar-refractivity contribution >= 4 is 46.0 Å². The third-order valence-electron chi connectivity index (χ3n) is 4.52. The molecular weight excluding hydrogens is 422 g/mol. The van der Waals surface area contributed by atoms with Crippen LogP contribution in [0.25, 0.3) is 6.08 Å². The largest absolute Gasteiger partial charge is 0.348 e. The van der Waals surface area contributed by atoms with Gasteiger partial charge >= 0.3 is 0 Å². The topological polar surface area (TPSA) is 88.2 Å². The number of carbonyl (C=O) groups is 2. The number of nitrogens with one attached hydrogen (secondary N) is 2. The van der Waals surface area contributed by atoms with Crippen LogP contribution in [0.2, 0.25) is 5.02 Å². The quantitative estimate of drug-likeness (QED) is 0.604. The first-order chi connectivity index (χ1) is 14.5. The highest BCUT2D eigenvalue weighted by Gasteiger charge is 2.28. The van der Waals surface area contributed by atoms with Crippen LogP contribution in [0.1, 0.15) is 31.8 Å². The Morgan fingerprint density at radius 1 is 1.10 bits per heavy atom. The van der Waals surface area contributed by atoms with Crippen molar-refractivity contribution in [3.8, 4) is 0 Å². The third kappa shape index (κ3) is 4.32. The van der Waals surface area contributed by atoms with Gasteiger partial charge in [0.15, 0.2) is 11.0 Å². The molecule has 6 nitrogen and oxygen atoms in total. The molecule has 0 saturated carbocycles. The molecule has 0 fully saturated rings. The maximum atomic E-state index is 13.0. The molecule has 1 atom stereocenters. The van der Waals surface area contributed by atoms with Crippen molar-refractivity contribution in [3.05, 3.63) is 99.2 Å². The van der Waals surface area contributed by atoms with Gasteiger partial charge in [-0.25, -0.2) is 4.21 Å². The summed E-state index contributed by atoms with van der Waals surface area (Å²) in [4.78, 5) is 29.6. The molecule has 1 aromatic heterocycles. The smallest absolute Gasteiger partial charge is 0.251 e. The molecule has 1 aliphatic heterocycles. The van der Waals surface area contributed by atoms with Crippen molar-refractivity contribution in [2.24, 2.45) is 0 Å². The molecule has 0 bridgehead atoms.